The van der Waals surface area contributed by atoms with E-state index in [1.54, 1.807) is 0 Å². The van der Waals surface area contributed by atoms with Crippen LogP contribution < -0.4 is 20.4 Å². The molecule has 0 unspecified atom stereocenters. The van der Waals surface area contributed by atoms with E-state index in [1.807, 2.05) is 18.2 Å². The average Bonchev–Trinajstić information content (AvgIpc) is 2.72. The lowest BCUT2D eigenvalue weighted by atomic mass is 9.85. The first-order valence-electron chi connectivity index (χ1n) is 10.3. The first-order valence-corrected chi connectivity index (χ1v) is 10.7. The van der Waals surface area contributed by atoms with Gasteiger partial charge in [-0.3, -0.25) is 4.99 Å². The molecule has 1 saturated heterocycles. The molecular formula is C23H30ClN5O. The predicted octanol–water partition coefficient (Wildman–Crippen LogP) is 4.46. The minimum atomic E-state index is -0.243. The van der Waals surface area contributed by atoms with Crippen LogP contribution >= 0.6 is 11.6 Å². The van der Waals surface area contributed by atoms with Gasteiger partial charge in [0.1, 0.15) is 5.84 Å². The lowest BCUT2D eigenvalue weighted by molar-refractivity contribution is 0.0778. The van der Waals surface area contributed by atoms with Crippen molar-refractivity contribution in [2.45, 2.75) is 24.9 Å². The average molecular weight is 428 g/mol. The van der Waals surface area contributed by atoms with Crippen LogP contribution in [-0.2, 0) is 11.3 Å². The van der Waals surface area contributed by atoms with Crippen molar-refractivity contribution in [2.75, 3.05) is 61.8 Å². The first kappa shape index (κ1) is 20.8. The van der Waals surface area contributed by atoms with E-state index in [0.717, 1.165) is 59.5 Å². The monoisotopic (exact) mass is 427 g/mol. The summed E-state index contributed by atoms with van der Waals surface area (Å²) in [6, 6.07) is 12.3. The van der Waals surface area contributed by atoms with Crippen molar-refractivity contribution in [3.8, 4) is 0 Å². The van der Waals surface area contributed by atoms with Gasteiger partial charge in [-0.2, -0.15) is 0 Å². The van der Waals surface area contributed by atoms with Crippen molar-refractivity contribution in [1.29, 1.82) is 0 Å². The summed E-state index contributed by atoms with van der Waals surface area (Å²) >= 11 is 6.16. The highest BCUT2D eigenvalue weighted by atomic mass is 35.5. The second-order valence-electron chi connectivity index (χ2n) is 8.41. The second-order valence-corrected chi connectivity index (χ2v) is 8.85. The van der Waals surface area contributed by atoms with Crippen LogP contribution in [0, 0.1) is 0 Å². The third kappa shape index (κ3) is 4.07. The Bertz CT molecular complexity index is 951. The Morgan fingerprint density at radius 3 is 2.30 bits per heavy atom. The molecule has 0 atom stereocenters. The van der Waals surface area contributed by atoms with Gasteiger partial charge in [0, 0.05) is 59.3 Å². The molecule has 7 heteroatoms. The molecule has 30 heavy (non-hydrogen) atoms. The summed E-state index contributed by atoms with van der Waals surface area (Å²) in [5, 5.41) is 8.22. The zero-order valence-electron chi connectivity index (χ0n) is 18.1. The van der Waals surface area contributed by atoms with Gasteiger partial charge in [-0.25, -0.2) is 0 Å². The molecule has 1 spiro atoms. The van der Waals surface area contributed by atoms with Gasteiger partial charge in [-0.15, -0.1) is 0 Å². The van der Waals surface area contributed by atoms with E-state index in [9.17, 15) is 0 Å². The molecule has 0 amide bonds. The van der Waals surface area contributed by atoms with Crippen LogP contribution in [-0.4, -0.2) is 52.8 Å². The third-order valence-electron chi connectivity index (χ3n) is 5.81. The normalized spacial score (nSPS) is 18.5. The number of fused-ring (bicyclic) bond motifs is 1. The maximum atomic E-state index is 6.16. The highest BCUT2D eigenvalue weighted by Gasteiger charge is 2.41. The topological polar surface area (TPSA) is 52.1 Å². The summed E-state index contributed by atoms with van der Waals surface area (Å²) in [4.78, 5) is 9.29. The number of halogens is 1. The molecule has 2 aliphatic rings. The molecule has 0 bridgehead atoms. The van der Waals surface area contributed by atoms with Crippen LogP contribution in [0.15, 0.2) is 41.4 Å². The molecule has 160 valence electrons. The van der Waals surface area contributed by atoms with E-state index in [4.69, 9.17) is 21.3 Å². The van der Waals surface area contributed by atoms with Crippen molar-refractivity contribution >= 4 is 40.2 Å². The Kier molecular flexibility index (Phi) is 5.80. The predicted molar refractivity (Wildman–Crippen MR) is 128 cm³/mol. The molecule has 0 saturated carbocycles. The zero-order chi connectivity index (χ0) is 21.3. The number of rotatable bonds is 4. The molecule has 6 nitrogen and oxygen atoms in total. The molecule has 0 aliphatic carbocycles. The van der Waals surface area contributed by atoms with E-state index >= 15 is 0 Å². The van der Waals surface area contributed by atoms with E-state index < -0.39 is 0 Å². The number of benzene rings is 2. The summed E-state index contributed by atoms with van der Waals surface area (Å²) in [6.07, 6.45) is 1.75. The standard InChI is InChI=1S/C23H30ClN5O/c1-28(2)20-13-18-19(14-21(20)29(3)4)27-23(8-10-30-11-9-23)22(26-18)25-15-16-6-5-7-17(24)12-16/h5-7,12-14,27H,8-11,15H2,1-4H3,(H,25,26). The molecule has 2 aromatic rings. The van der Waals surface area contributed by atoms with Crippen LogP contribution in [0.4, 0.5) is 22.7 Å². The van der Waals surface area contributed by atoms with Gasteiger partial charge in [0.05, 0.1) is 34.8 Å². The van der Waals surface area contributed by atoms with E-state index in [1.165, 1.54) is 5.69 Å². The van der Waals surface area contributed by atoms with Gasteiger partial charge in [-0.1, -0.05) is 23.7 Å². The molecule has 0 aromatic heterocycles. The Morgan fingerprint density at radius 1 is 1.00 bits per heavy atom. The van der Waals surface area contributed by atoms with Crippen molar-refractivity contribution in [3.05, 3.63) is 47.0 Å². The molecule has 2 aliphatic heterocycles. The van der Waals surface area contributed by atoms with Gasteiger partial charge in [0.15, 0.2) is 0 Å². The molecule has 2 heterocycles. The molecular weight excluding hydrogens is 398 g/mol. The summed E-state index contributed by atoms with van der Waals surface area (Å²) in [5.41, 5.74) is 5.34. The van der Waals surface area contributed by atoms with Crippen molar-refractivity contribution < 1.29 is 4.74 Å². The highest BCUT2D eigenvalue weighted by molar-refractivity contribution is 6.30. The number of ether oxygens (including phenoxy) is 1. The largest absolute Gasteiger partial charge is 0.381 e. The highest BCUT2D eigenvalue weighted by Crippen LogP contribution is 2.42. The first-order chi connectivity index (χ1) is 14.4. The van der Waals surface area contributed by atoms with Crippen molar-refractivity contribution in [3.63, 3.8) is 0 Å². The lowest BCUT2D eigenvalue weighted by Gasteiger charge is -2.44. The van der Waals surface area contributed by atoms with Crippen molar-refractivity contribution in [1.82, 2.24) is 0 Å². The molecule has 4 rings (SSSR count). The maximum absolute atomic E-state index is 6.16. The van der Waals surface area contributed by atoms with Crippen LogP contribution in [0.1, 0.15) is 18.4 Å². The zero-order valence-corrected chi connectivity index (χ0v) is 18.9. The fraction of sp³-hybridized carbons (Fsp3) is 0.435. The lowest BCUT2D eigenvalue weighted by Crippen LogP contribution is -2.55. The quantitative estimate of drug-likeness (QED) is 0.754. The van der Waals surface area contributed by atoms with Gasteiger partial charge in [0.25, 0.3) is 0 Å². The number of hydrogen-bond acceptors (Lipinski definition) is 5. The summed E-state index contributed by atoms with van der Waals surface area (Å²) in [5.74, 6) is 0.973. The number of amidine groups is 1. The van der Waals surface area contributed by atoms with Crippen LogP contribution in [0.2, 0.25) is 5.02 Å². The Labute approximate surface area is 183 Å². The Hall–Kier alpha value is -2.44. The molecule has 2 aromatic carbocycles. The summed E-state index contributed by atoms with van der Waals surface area (Å²) in [7, 11) is 8.29. The van der Waals surface area contributed by atoms with Gasteiger partial charge in [-0.05, 0) is 29.8 Å². The Balaban J connectivity index is 1.73. The van der Waals surface area contributed by atoms with Gasteiger partial charge >= 0.3 is 0 Å². The summed E-state index contributed by atoms with van der Waals surface area (Å²) in [6.45, 7) is 2.02. The van der Waals surface area contributed by atoms with Crippen LogP contribution in [0.3, 0.4) is 0 Å². The van der Waals surface area contributed by atoms with E-state index in [-0.39, 0.29) is 5.54 Å². The van der Waals surface area contributed by atoms with E-state index in [2.05, 4.69) is 66.8 Å². The minimum absolute atomic E-state index is 0.243. The maximum Gasteiger partial charge on any atom is 0.127 e. The molecule has 1 fully saturated rings. The van der Waals surface area contributed by atoms with E-state index in [0.29, 0.717) is 6.54 Å². The number of anilines is 4. The third-order valence-corrected chi connectivity index (χ3v) is 6.05. The number of nitrogens with one attached hydrogen (secondary N) is 2. The smallest absolute Gasteiger partial charge is 0.127 e. The number of nitrogens with zero attached hydrogens (tertiary/aromatic N) is 3. The minimum Gasteiger partial charge on any atom is -0.381 e. The van der Waals surface area contributed by atoms with Crippen LogP contribution in [0.5, 0.6) is 0 Å². The summed E-state index contributed by atoms with van der Waals surface area (Å²) < 4.78 is 5.67. The molecule has 0 radical (unpaired) electrons. The number of aliphatic imine (C=N–C) groups is 1. The van der Waals surface area contributed by atoms with Gasteiger partial charge in [0.2, 0.25) is 0 Å². The number of hydrogen-bond donors (Lipinski definition) is 2. The SMILES string of the molecule is CN(C)c1cc2c(cc1N(C)C)NC1(CCOCC1)C(=NCc1cccc(Cl)c1)N2. The van der Waals surface area contributed by atoms with Gasteiger partial charge < -0.3 is 25.2 Å². The van der Waals surface area contributed by atoms with Crippen molar-refractivity contribution in [2.24, 2.45) is 4.99 Å². The molecule has 2 N–H and O–H groups in total. The fourth-order valence-corrected chi connectivity index (χ4v) is 4.36. The fourth-order valence-electron chi connectivity index (χ4n) is 4.14. The second kappa shape index (κ2) is 8.36. The Morgan fingerprint density at radius 2 is 1.67 bits per heavy atom. The van der Waals surface area contributed by atoms with Crippen LogP contribution in [0.25, 0.3) is 0 Å².